The summed E-state index contributed by atoms with van der Waals surface area (Å²) < 4.78 is 6.90. The van der Waals surface area contributed by atoms with E-state index in [-0.39, 0.29) is 5.95 Å². The molecule has 1 saturated heterocycles. The average Bonchev–Trinajstić information content (AvgIpc) is 3.48. The van der Waals surface area contributed by atoms with Crippen molar-refractivity contribution in [2.75, 3.05) is 48.7 Å². The number of hydrogen-bond acceptors (Lipinski definition) is 8. The third-order valence-corrected chi connectivity index (χ3v) is 5.70. The molecule has 1 fully saturated rings. The van der Waals surface area contributed by atoms with Crippen molar-refractivity contribution in [3.63, 3.8) is 0 Å². The lowest BCUT2D eigenvalue weighted by atomic mass is 10.1. The van der Waals surface area contributed by atoms with Crippen LogP contribution in [0.4, 0.5) is 17.5 Å². The molecule has 9 heteroatoms. The quantitative estimate of drug-likeness (QED) is 0.493. The Morgan fingerprint density at radius 1 is 1.06 bits per heavy atom. The summed E-state index contributed by atoms with van der Waals surface area (Å²) in [6.45, 7) is 8.24. The van der Waals surface area contributed by atoms with Crippen molar-refractivity contribution < 1.29 is 4.42 Å². The van der Waals surface area contributed by atoms with E-state index in [0.29, 0.717) is 29.6 Å². The number of nitrogens with zero attached hydrogens (tertiary/aromatic N) is 6. The first-order valence-electron chi connectivity index (χ1n) is 10.6. The number of nitrogens with two attached hydrogens (primary N) is 1. The van der Waals surface area contributed by atoms with E-state index in [1.54, 1.807) is 12.3 Å². The molecule has 1 aliphatic rings. The molecule has 0 radical (unpaired) electrons. The standard InChI is InChI=1S/C22H26N8O/c1-2-28-9-11-29(12-10-28)17-7-4-3-6-16(17)15-24-19-14-20-26-21(18-8-5-13-31-18)27-30(20)22(23)25-19/h3-8,13-14,24H,2,9-12,15H2,1H3,(H2,23,25). The van der Waals surface area contributed by atoms with Crippen LogP contribution in [0.3, 0.4) is 0 Å². The number of hydrogen-bond donors (Lipinski definition) is 2. The molecule has 160 valence electrons. The minimum Gasteiger partial charge on any atom is -0.461 e. The smallest absolute Gasteiger partial charge is 0.225 e. The number of anilines is 3. The van der Waals surface area contributed by atoms with Crippen molar-refractivity contribution in [1.29, 1.82) is 0 Å². The van der Waals surface area contributed by atoms with Gasteiger partial charge in [-0.2, -0.15) is 9.50 Å². The summed E-state index contributed by atoms with van der Waals surface area (Å²) in [5.41, 5.74) is 9.24. The highest BCUT2D eigenvalue weighted by Crippen LogP contribution is 2.24. The summed E-state index contributed by atoms with van der Waals surface area (Å²) in [5, 5.41) is 7.79. The average molecular weight is 419 g/mol. The van der Waals surface area contributed by atoms with Crippen molar-refractivity contribution in [1.82, 2.24) is 24.5 Å². The Morgan fingerprint density at radius 3 is 2.68 bits per heavy atom. The molecule has 0 spiro atoms. The number of para-hydroxylation sites is 1. The molecule has 0 saturated carbocycles. The van der Waals surface area contributed by atoms with Crippen LogP contribution in [-0.4, -0.2) is 57.2 Å². The zero-order valence-electron chi connectivity index (χ0n) is 17.5. The van der Waals surface area contributed by atoms with E-state index in [2.05, 4.69) is 61.4 Å². The van der Waals surface area contributed by atoms with Gasteiger partial charge in [0.1, 0.15) is 5.82 Å². The molecule has 3 aromatic heterocycles. The van der Waals surface area contributed by atoms with Crippen LogP contribution in [0.1, 0.15) is 12.5 Å². The first kappa shape index (κ1) is 19.4. The van der Waals surface area contributed by atoms with E-state index >= 15 is 0 Å². The lowest BCUT2D eigenvalue weighted by Crippen LogP contribution is -2.46. The Labute approximate surface area is 180 Å². The van der Waals surface area contributed by atoms with Gasteiger partial charge in [-0.25, -0.2) is 4.98 Å². The zero-order valence-corrected chi connectivity index (χ0v) is 17.5. The second-order valence-corrected chi connectivity index (χ2v) is 7.59. The number of likely N-dealkylation sites (N-methyl/N-ethyl adjacent to an activating group) is 1. The van der Waals surface area contributed by atoms with Crippen LogP contribution in [0.15, 0.2) is 53.1 Å². The fourth-order valence-corrected chi connectivity index (χ4v) is 3.97. The van der Waals surface area contributed by atoms with Crippen molar-refractivity contribution >= 4 is 23.1 Å². The molecule has 1 aliphatic heterocycles. The molecule has 0 bridgehead atoms. The summed E-state index contributed by atoms with van der Waals surface area (Å²) in [5.74, 6) is 2.00. The van der Waals surface area contributed by atoms with E-state index in [1.807, 2.05) is 12.1 Å². The van der Waals surface area contributed by atoms with Gasteiger partial charge in [0, 0.05) is 44.5 Å². The number of rotatable bonds is 6. The molecule has 0 unspecified atom stereocenters. The maximum absolute atomic E-state index is 6.13. The van der Waals surface area contributed by atoms with Crippen molar-refractivity contribution in [2.24, 2.45) is 0 Å². The summed E-state index contributed by atoms with van der Waals surface area (Å²) in [6.07, 6.45) is 1.59. The summed E-state index contributed by atoms with van der Waals surface area (Å²) >= 11 is 0. The fourth-order valence-electron chi connectivity index (χ4n) is 3.97. The largest absolute Gasteiger partial charge is 0.461 e. The third kappa shape index (κ3) is 3.91. The molecule has 4 aromatic rings. The normalized spacial score (nSPS) is 14.9. The van der Waals surface area contributed by atoms with Crippen LogP contribution in [0.25, 0.3) is 17.2 Å². The summed E-state index contributed by atoms with van der Waals surface area (Å²) in [4.78, 5) is 13.9. The Hall–Kier alpha value is -3.59. The van der Waals surface area contributed by atoms with E-state index < -0.39 is 0 Å². The highest BCUT2D eigenvalue weighted by atomic mass is 16.3. The molecule has 0 amide bonds. The maximum atomic E-state index is 6.13. The molecule has 3 N–H and O–H groups in total. The van der Waals surface area contributed by atoms with Gasteiger partial charge in [-0.3, -0.25) is 0 Å². The number of nitrogens with one attached hydrogen (secondary N) is 1. The van der Waals surface area contributed by atoms with Gasteiger partial charge < -0.3 is 25.3 Å². The Kier molecular flexibility index (Phi) is 5.17. The van der Waals surface area contributed by atoms with Gasteiger partial charge in [-0.05, 0) is 30.3 Å². The fraction of sp³-hybridized carbons (Fsp3) is 0.318. The van der Waals surface area contributed by atoms with Crippen LogP contribution in [0, 0.1) is 0 Å². The van der Waals surface area contributed by atoms with Gasteiger partial charge in [0.05, 0.1) is 6.26 Å². The number of nitrogen functional groups attached to an aromatic ring is 1. The van der Waals surface area contributed by atoms with Crippen molar-refractivity contribution in [2.45, 2.75) is 13.5 Å². The molecular formula is C22H26N8O. The lowest BCUT2D eigenvalue weighted by molar-refractivity contribution is 0.271. The first-order valence-corrected chi connectivity index (χ1v) is 10.6. The highest BCUT2D eigenvalue weighted by molar-refractivity contribution is 5.60. The summed E-state index contributed by atoms with van der Waals surface area (Å²) in [6, 6.07) is 14.0. The molecule has 0 aliphatic carbocycles. The van der Waals surface area contributed by atoms with Crippen LogP contribution < -0.4 is 16.0 Å². The number of aromatic nitrogens is 4. The third-order valence-electron chi connectivity index (χ3n) is 5.70. The van der Waals surface area contributed by atoms with Gasteiger partial charge in [-0.1, -0.05) is 25.1 Å². The van der Waals surface area contributed by atoms with Crippen LogP contribution in [-0.2, 0) is 6.54 Å². The Morgan fingerprint density at radius 2 is 1.90 bits per heavy atom. The second-order valence-electron chi connectivity index (χ2n) is 7.59. The van der Waals surface area contributed by atoms with Gasteiger partial charge in [-0.15, -0.1) is 5.10 Å². The van der Waals surface area contributed by atoms with Crippen molar-refractivity contribution in [3.05, 3.63) is 54.3 Å². The predicted octanol–water partition coefficient (Wildman–Crippen LogP) is 2.72. The SMILES string of the molecule is CCN1CCN(c2ccccc2CNc2cc3nc(-c4ccco4)nn3c(N)n2)CC1. The van der Waals surface area contributed by atoms with Crippen LogP contribution in [0.5, 0.6) is 0 Å². The maximum Gasteiger partial charge on any atom is 0.225 e. The van der Waals surface area contributed by atoms with Crippen molar-refractivity contribution in [3.8, 4) is 11.6 Å². The minimum atomic E-state index is 0.272. The number of piperazine rings is 1. The number of benzene rings is 1. The van der Waals surface area contributed by atoms with E-state index in [9.17, 15) is 0 Å². The van der Waals surface area contributed by atoms with E-state index in [4.69, 9.17) is 10.2 Å². The van der Waals surface area contributed by atoms with Crippen LogP contribution >= 0.6 is 0 Å². The minimum absolute atomic E-state index is 0.272. The van der Waals surface area contributed by atoms with E-state index in [1.165, 1.54) is 15.8 Å². The molecule has 9 nitrogen and oxygen atoms in total. The molecule has 5 rings (SSSR count). The topological polar surface area (TPSA) is 101 Å². The molecular weight excluding hydrogens is 392 g/mol. The van der Waals surface area contributed by atoms with Gasteiger partial charge >= 0.3 is 0 Å². The molecule has 1 aromatic carbocycles. The Balaban J connectivity index is 1.34. The Bertz CT molecular complexity index is 1160. The number of furan rings is 1. The first-order chi connectivity index (χ1) is 15.2. The monoisotopic (exact) mass is 418 g/mol. The van der Waals surface area contributed by atoms with Gasteiger partial charge in [0.15, 0.2) is 11.4 Å². The van der Waals surface area contributed by atoms with Gasteiger partial charge in [0.2, 0.25) is 11.8 Å². The summed E-state index contributed by atoms with van der Waals surface area (Å²) in [7, 11) is 0. The highest BCUT2D eigenvalue weighted by Gasteiger charge is 2.18. The second kappa shape index (κ2) is 8.27. The van der Waals surface area contributed by atoms with Crippen LogP contribution in [0.2, 0.25) is 0 Å². The predicted molar refractivity (Wildman–Crippen MR) is 121 cm³/mol. The molecule has 0 atom stereocenters. The number of fused-ring (bicyclic) bond motifs is 1. The van der Waals surface area contributed by atoms with E-state index in [0.717, 1.165) is 32.7 Å². The molecule has 31 heavy (non-hydrogen) atoms. The van der Waals surface area contributed by atoms with Gasteiger partial charge in [0.25, 0.3) is 0 Å². The lowest BCUT2D eigenvalue weighted by Gasteiger charge is -2.36. The zero-order chi connectivity index (χ0) is 21.2. The molecule has 4 heterocycles.